The van der Waals surface area contributed by atoms with Gasteiger partial charge in [-0.15, -0.1) is 0 Å². The molecule has 0 fully saturated rings. The van der Waals surface area contributed by atoms with Crippen LogP contribution in [0.15, 0.2) is 64.4 Å². The normalized spacial score (nSPS) is 11.8. The van der Waals surface area contributed by atoms with Crippen LogP contribution < -0.4 is 0 Å². The maximum Gasteiger partial charge on any atom is 0.0779 e. The first-order chi connectivity index (χ1) is 8.60. The largest absolute Gasteiger partial charge is 0.287 e. The quantitative estimate of drug-likeness (QED) is 0.547. The molecule has 0 unspecified atom stereocenters. The monoisotopic (exact) mass is 257 g/mol. The second-order valence-corrected chi connectivity index (χ2v) is 5.10. The lowest BCUT2D eigenvalue weighted by molar-refractivity contribution is 1.39. The van der Waals surface area contributed by atoms with Gasteiger partial charge in [0.25, 0.3) is 0 Å². The van der Waals surface area contributed by atoms with Gasteiger partial charge in [-0.1, -0.05) is 61.3 Å². The molecule has 1 aromatic rings. The minimum Gasteiger partial charge on any atom is -0.287 e. The minimum absolute atomic E-state index is 0.926. The van der Waals surface area contributed by atoms with Gasteiger partial charge in [-0.3, -0.25) is 4.99 Å². The van der Waals surface area contributed by atoms with Gasteiger partial charge in [-0.2, -0.15) is 0 Å². The Kier molecular flexibility index (Phi) is 5.66. The highest BCUT2D eigenvalue weighted by Gasteiger charge is 2.10. The summed E-state index contributed by atoms with van der Waals surface area (Å²) < 4.78 is 0. The van der Waals surface area contributed by atoms with Crippen molar-refractivity contribution in [3.63, 3.8) is 0 Å². The number of rotatable bonds is 5. The summed E-state index contributed by atoms with van der Waals surface area (Å²) in [5.74, 6) is 0. The summed E-state index contributed by atoms with van der Waals surface area (Å²) >= 11 is 1.55. The Balaban J connectivity index is 2.96. The lowest BCUT2D eigenvalue weighted by Crippen LogP contribution is -2.04. The molecule has 0 aliphatic carbocycles. The average Bonchev–Trinajstić information content (AvgIpc) is 2.32. The highest BCUT2D eigenvalue weighted by atomic mass is 32.2. The van der Waals surface area contributed by atoms with E-state index in [-0.39, 0.29) is 0 Å². The van der Waals surface area contributed by atoms with Crippen molar-refractivity contribution in [2.24, 2.45) is 4.99 Å². The van der Waals surface area contributed by atoms with E-state index < -0.39 is 0 Å². The molecule has 0 amide bonds. The molecule has 1 nitrogen and oxygen atoms in total. The SMILES string of the molecule is C=C(/C=C\C)SC(=C)/C(=N/C)c1ccccc1C. The van der Waals surface area contributed by atoms with Crippen LogP contribution in [0.5, 0.6) is 0 Å². The number of thioether (sulfide) groups is 1. The summed E-state index contributed by atoms with van der Waals surface area (Å²) in [4.78, 5) is 6.26. The topological polar surface area (TPSA) is 12.4 Å². The fraction of sp³-hybridized carbons (Fsp3) is 0.188. The summed E-state index contributed by atoms with van der Waals surface area (Å²) in [6.07, 6.45) is 3.94. The molecule has 0 aliphatic heterocycles. The number of aryl methyl sites for hydroxylation is 1. The van der Waals surface area contributed by atoms with Crippen LogP contribution >= 0.6 is 11.8 Å². The summed E-state index contributed by atoms with van der Waals surface area (Å²) in [5.41, 5.74) is 3.27. The minimum atomic E-state index is 0.926. The molecule has 0 bridgehead atoms. The van der Waals surface area contributed by atoms with Gasteiger partial charge in [-0.25, -0.2) is 0 Å². The molecule has 18 heavy (non-hydrogen) atoms. The first kappa shape index (κ1) is 14.5. The van der Waals surface area contributed by atoms with Crippen molar-refractivity contribution in [1.82, 2.24) is 0 Å². The lowest BCUT2D eigenvalue weighted by Gasteiger charge is -2.11. The van der Waals surface area contributed by atoms with Crippen molar-refractivity contribution in [3.05, 3.63) is 70.5 Å². The van der Waals surface area contributed by atoms with Crippen LogP contribution in [0.25, 0.3) is 0 Å². The van der Waals surface area contributed by atoms with Gasteiger partial charge in [0.1, 0.15) is 0 Å². The molecular formula is C16H19NS. The van der Waals surface area contributed by atoms with Crippen LogP contribution in [-0.4, -0.2) is 12.8 Å². The highest BCUT2D eigenvalue weighted by molar-refractivity contribution is 8.07. The Morgan fingerprint density at radius 3 is 2.50 bits per heavy atom. The molecule has 0 aromatic heterocycles. The molecule has 0 atom stereocenters. The van der Waals surface area contributed by atoms with Crippen molar-refractivity contribution in [2.75, 3.05) is 7.05 Å². The number of benzene rings is 1. The van der Waals surface area contributed by atoms with Crippen molar-refractivity contribution in [2.45, 2.75) is 13.8 Å². The van der Waals surface area contributed by atoms with Crippen LogP contribution in [0.1, 0.15) is 18.1 Å². The van der Waals surface area contributed by atoms with Crippen molar-refractivity contribution in [1.29, 1.82) is 0 Å². The maximum absolute atomic E-state index is 4.36. The van der Waals surface area contributed by atoms with E-state index in [9.17, 15) is 0 Å². The molecule has 0 saturated heterocycles. The van der Waals surface area contributed by atoms with Gasteiger partial charge in [-0.05, 0) is 19.4 Å². The van der Waals surface area contributed by atoms with Gasteiger partial charge in [0, 0.05) is 22.4 Å². The Hall–Kier alpha value is -1.54. The summed E-state index contributed by atoms with van der Waals surface area (Å²) in [6.45, 7) is 12.1. The highest BCUT2D eigenvalue weighted by Crippen LogP contribution is 2.28. The molecule has 0 N–H and O–H groups in total. The predicted molar refractivity (Wildman–Crippen MR) is 84.3 cm³/mol. The van der Waals surface area contributed by atoms with E-state index in [4.69, 9.17) is 0 Å². The fourth-order valence-electron chi connectivity index (χ4n) is 1.66. The number of nitrogens with zero attached hydrogens (tertiary/aromatic N) is 1. The molecule has 0 saturated carbocycles. The summed E-state index contributed by atoms with van der Waals surface area (Å²) in [5, 5.41) is 0. The second kappa shape index (κ2) is 7.02. The fourth-order valence-corrected chi connectivity index (χ4v) is 2.48. The van der Waals surface area contributed by atoms with Gasteiger partial charge >= 0.3 is 0 Å². The standard InChI is InChI=1S/C16H19NS/c1-6-9-13(3)18-14(4)16(17-5)15-11-8-7-10-12(15)2/h6-11H,3-4H2,1-2,5H3/b9-6-,17-16-. The van der Waals surface area contributed by atoms with Crippen LogP contribution in [0.4, 0.5) is 0 Å². The van der Waals surface area contributed by atoms with E-state index in [1.807, 2.05) is 31.2 Å². The first-order valence-electron chi connectivity index (χ1n) is 5.81. The summed E-state index contributed by atoms with van der Waals surface area (Å²) in [7, 11) is 1.80. The molecule has 1 rings (SSSR count). The molecule has 0 spiro atoms. The third-order valence-corrected chi connectivity index (χ3v) is 3.33. The van der Waals surface area contributed by atoms with E-state index in [1.54, 1.807) is 18.8 Å². The Morgan fingerprint density at radius 1 is 1.28 bits per heavy atom. The first-order valence-corrected chi connectivity index (χ1v) is 6.63. The predicted octanol–water partition coefficient (Wildman–Crippen LogP) is 4.75. The van der Waals surface area contributed by atoms with Crippen LogP contribution in [0.2, 0.25) is 0 Å². The lowest BCUT2D eigenvalue weighted by atomic mass is 10.0. The zero-order chi connectivity index (χ0) is 13.5. The molecule has 94 valence electrons. The van der Waals surface area contributed by atoms with E-state index in [0.717, 1.165) is 21.1 Å². The van der Waals surface area contributed by atoms with E-state index in [2.05, 4.69) is 37.2 Å². The maximum atomic E-state index is 4.36. The van der Waals surface area contributed by atoms with Gasteiger partial charge in [0.05, 0.1) is 5.71 Å². The van der Waals surface area contributed by atoms with Crippen LogP contribution in [0, 0.1) is 6.92 Å². The van der Waals surface area contributed by atoms with Crippen LogP contribution in [-0.2, 0) is 0 Å². The molecule has 1 aromatic carbocycles. The van der Waals surface area contributed by atoms with Gasteiger partial charge < -0.3 is 0 Å². The molecule has 0 heterocycles. The second-order valence-electron chi connectivity index (χ2n) is 3.88. The number of allylic oxidation sites excluding steroid dienone is 3. The Morgan fingerprint density at radius 2 is 1.94 bits per heavy atom. The van der Waals surface area contributed by atoms with Crippen molar-refractivity contribution >= 4 is 17.5 Å². The van der Waals surface area contributed by atoms with Crippen molar-refractivity contribution in [3.8, 4) is 0 Å². The zero-order valence-electron chi connectivity index (χ0n) is 11.2. The Bertz CT molecular complexity index is 510. The third kappa shape index (κ3) is 3.74. The molecular weight excluding hydrogens is 238 g/mol. The molecule has 2 heteroatoms. The van der Waals surface area contributed by atoms with E-state index in [1.165, 1.54) is 5.56 Å². The molecule has 0 aliphatic rings. The van der Waals surface area contributed by atoms with E-state index >= 15 is 0 Å². The Labute approximate surface area is 114 Å². The van der Waals surface area contributed by atoms with E-state index in [0.29, 0.717) is 0 Å². The van der Waals surface area contributed by atoms with Gasteiger partial charge in [0.15, 0.2) is 0 Å². The summed E-state index contributed by atoms with van der Waals surface area (Å²) in [6, 6.07) is 8.20. The van der Waals surface area contributed by atoms with Gasteiger partial charge in [0.2, 0.25) is 0 Å². The third-order valence-electron chi connectivity index (χ3n) is 2.49. The van der Waals surface area contributed by atoms with Crippen LogP contribution in [0.3, 0.4) is 0 Å². The number of hydrogen-bond donors (Lipinski definition) is 0. The number of aliphatic imine (C=N–C) groups is 1. The smallest absolute Gasteiger partial charge is 0.0779 e. The average molecular weight is 257 g/mol. The van der Waals surface area contributed by atoms with Crippen molar-refractivity contribution < 1.29 is 0 Å². The number of hydrogen-bond acceptors (Lipinski definition) is 2. The molecule has 0 radical (unpaired) electrons. The zero-order valence-corrected chi connectivity index (χ0v) is 12.1.